The number of carbonyl (C=O) groups is 1. The van der Waals surface area contributed by atoms with Crippen LogP contribution in [0.2, 0.25) is 0 Å². The van der Waals surface area contributed by atoms with Crippen molar-refractivity contribution in [3.05, 3.63) is 81.7 Å². The van der Waals surface area contributed by atoms with E-state index in [0.717, 1.165) is 11.1 Å². The van der Waals surface area contributed by atoms with Crippen LogP contribution in [-0.4, -0.2) is 10.9 Å². The van der Waals surface area contributed by atoms with Crippen LogP contribution < -0.4 is 5.32 Å². The molecular weight excluding hydrogens is 431 g/mol. The molecule has 164 valence electrons. The lowest BCUT2D eigenvalue weighted by Crippen LogP contribution is -2.19. The van der Waals surface area contributed by atoms with Crippen molar-refractivity contribution in [3.63, 3.8) is 0 Å². The molecule has 32 heavy (non-hydrogen) atoms. The van der Waals surface area contributed by atoms with E-state index in [4.69, 9.17) is 4.42 Å². The van der Waals surface area contributed by atoms with E-state index in [1.807, 2.05) is 26.0 Å². The van der Waals surface area contributed by atoms with Gasteiger partial charge in [0, 0.05) is 11.3 Å². The maximum Gasteiger partial charge on any atom is 0.261 e. The first-order valence-electron chi connectivity index (χ1n) is 9.40. The lowest BCUT2D eigenvalue weighted by molar-refractivity contribution is 0.101. The average molecular weight is 446 g/mol. The molecule has 0 fully saturated rings. The second kappa shape index (κ2) is 7.74. The molecule has 9 heteroatoms. The number of nitrogens with zero attached hydrogens (tertiary/aromatic N) is 1. The summed E-state index contributed by atoms with van der Waals surface area (Å²) in [6.45, 7) is 5.38. The number of fused-ring (bicyclic) bond motifs is 1. The number of halogens is 5. The minimum atomic E-state index is -2.34. The molecule has 0 saturated carbocycles. The minimum Gasteiger partial charge on any atom is -0.436 e. The summed E-state index contributed by atoms with van der Waals surface area (Å²) >= 11 is 0. The van der Waals surface area contributed by atoms with Crippen molar-refractivity contribution in [1.82, 2.24) is 4.98 Å². The van der Waals surface area contributed by atoms with Gasteiger partial charge in [-0.05, 0) is 55.7 Å². The molecule has 0 spiro atoms. The SMILES string of the molecule is Cc1cc(C)c2oc(-c3cccc(NC(=O)c4c(F)c(F)c(F)c(F)c4F)c3C)nc2c1. The molecule has 0 aliphatic rings. The van der Waals surface area contributed by atoms with Gasteiger partial charge in [-0.25, -0.2) is 26.9 Å². The molecule has 0 radical (unpaired) electrons. The Labute approximate surface area is 178 Å². The standard InChI is InChI=1S/C23H15F5N2O2/c1-9-7-10(2)21-14(8-9)30-23(32-21)12-5-4-6-13(11(12)3)29-22(31)15-16(24)18(26)20(28)19(27)17(15)25/h4-8H,1-3H3,(H,29,31). The normalized spacial score (nSPS) is 11.2. The lowest BCUT2D eigenvalue weighted by atomic mass is 10.1. The highest BCUT2D eigenvalue weighted by atomic mass is 19.2. The predicted molar refractivity (Wildman–Crippen MR) is 108 cm³/mol. The molecule has 1 heterocycles. The number of carbonyl (C=O) groups excluding carboxylic acids is 1. The van der Waals surface area contributed by atoms with E-state index in [-0.39, 0.29) is 11.6 Å². The van der Waals surface area contributed by atoms with Crippen molar-refractivity contribution < 1.29 is 31.2 Å². The zero-order chi connectivity index (χ0) is 23.3. The Morgan fingerprint density at radius 1 is 0.906 bits per heavy atom. The second-order valence-corrected chi connectivity index (χ2v) is 7.33. The molecule has 0 bridgehead atoms. The summed E-state index contributed by atoms with van der Waals surface area (Å²) in [6, 6.07) is 8.39. The summed E-state index contributed by atoms with van der Waals surface area (Å²) < 4.78 is 74.0. The first-order chi connectivity index (χ1) is 15.1. The van der Waals surface area contributed by atoms with E-state index in [9.17, 15) is 26.7 Å². The summed E-state index contributed by atoms with van der Waals surface area (Å²) in [5, 5.41) is 2.20. The Kier molecular flexibility index (Phi) is 5.20. The molecule has 0 atom stereocenters. The monoisotopic (exact) mass is 446 g/mol. The van der Waals surface area contributed by atoms with Crippen molar-refractivity contribution in [2.24, 2.45) is 0 Å². The molecule has 1 amide bonds. The summed E-state index contributed by atoms with van der Waals surface area (Å²) in [5.74, 6) is -12.4. The Bertz CT molecular complexity index is 1380. The third-order valence-electron chi connectivity index (χ3n) is 5.07. The van der Waals surface area contributed by atoms with Crippen LogP contribution in [0.3, 0.4) is 0 Å². The minimum absolute atomic E-state index is 0.0894. The third kappa shape index (κ3) is 3.39. The average Bonchev–Trinajstić information content (AvgIpc) is 3.16. The van der Waals surface area contributed by atoms with E-state index >= 15 is 0 Å². The van der Waals surface area contributed by atoms with Crippen LogP contribution in [-0.2, 0) is 0 Å². The van der Waals surface area contributed by atoms with Crippen molar-refractivity contribution in [1.29, 1.82) is 0 Å². The van der Waals surface area contributed by atoms with Crippen LogP contribution in [0.4, 0.5) is 27.6 Å². The second-order valence-electron chi connectivity index (χ2n) is 7.33. The third-order valence-corrected chi connectivity index (χ3v) is 5.07. The van der Waals surface area contributed by atoms with Gasteiger partial charge in [0.15, 0.2) is 28.9 Å². The number of oxazole rings is 1. The Morgan fingerprint density at radius 2 is 1.53 bits per heavy atom. The highest BCUT2D eigenvalue weighted by molar-refractivity contribution is 6.05. The van der Waals surface area contributed by atoms with Crippen LogP contribution in [0, 0.1) is 49.9 Å². The smallest absolute Gasteiger partial charge is 0.261 e. The maximum atomic E-state index is 14.0. The van der Waals surface area contributed by atoms with Crippen molar-refractivity contribution in [2.45, 2.75) is 20.8 Å². The molecule has 4 rings (SSSR count). The van der Waals surface area contributed by atoms with Gasteiger partial charge in [-0.15, -0.1) is 0 Å². The first-order valence-corrected chi connectivity index (χ1v) is 9.40. The molecule has 1 aromatic heterocycles. The molecule has 3 aromatic carbocycles. The van der Waals surface area contributed by atoms with Gasteiger partial charge in [-0.2, -0.15) is 0 Å². The van der Waals surface area contributed by atoms with Gasteiger partial charge >= 0.3 is 0 Å². The van der Waals surface area contributed by atoms with E-state index in [1.165, 1.54) is 12.1 Å². The number of rotatable bonds is 3. The molecule has 0 unspecified atom stereocenters. The van der Waals surface area contributed by atoms with Crippen molar-refractivity contribution in [2.75, 3.05) is 5.32 Å². The van der Waals surface area contributed by atoms with Crippen LogP contribution in [0.15, 0.2) is 34.7 Å². The topological polar surface area (TPSA) is 55.1 Å². The number of aromatic nitrogens is 1. The van der Waals surface area contributed by atoms with Gasteiger partial charge < -0.3 is 9.73 Å². The van der Waals surface area contributed by atoms with Crippen LogP contribution in [0.5, 0.6) is 0 Å². The number of amides is 1. The van der Waals surface area contributed by atoms with Gasteiger partial charge in [0.25, 0.3) is 5.91 Å². The molecule has 4 aromatic rings. The van der Waals surface area contributed by atoms with Crippen LogP contribution >= 0.6 is 0 Å². The fraction of sp³-hybridized carbons (Fsp3) is 0.130. The Balaban J connectivity index is 1.75. The largest absolute Gasteiger partial charge is 0.436 e. The van der Waals surface area contributed by atoms with Gasteiger partial charge in [-0.3, -0.25) is 4.79 Å². The summed E-state index contributed by atoms with van der Waals surface area (Å²) in [5.41, 5.74) is 2.51. The Hall–Kier alpha value is -3.75. The van der Waals surface area contributed by atoms with E-state index in [2.05, 4.69) is 10.3 Å². The number of hydrogen-bond acceptors (Lipinski definition) is 3. The summed E-state index contributed by atoms with van der Waals surface area (Å²) in [7, 11) is 0. The zero-order valence-corrected chi connectivity index (χ0v) is 17.0. The first kappa shape index (κ1) is 21.5. The molecule has 0 aliphatic heterocycles. The van der Waals surface area contributed by atoms with Gasteiger partial charge in [0.05, 0.1) is 0 Å². The Morgan fingerprint density at radius 3 is 2.19 bits per heavy atom. The van der Waals surface area contributed by atoms with Gasteiger partial charge in [0.1, 0.15) is 11.1 Å². The number of hydrogen-bond donors (Lipinski definition) is 1. The highest BCUT2D eigenvalue weighted by Gasteiger charge is 2.30. The van der Waals surface area contributed by atoms with Crippen molar-refractivity contribution >= 4 is 22.7 Å². The number of nitrogens with one attached hydrogen (secondary N) is 1. The fourth-order valence-corrected chi connectivity index (χ4v) is 3.48. The fourth-order valence-electron chi connectivity index (χ4n) is 3.48. The lowest BCUT2D eigenvalue weighted by Gasteiger charge is -2.12. The quantitative estimate of drug-likeness (QED) is 0.226. The molecule has 1 N–H and O–H groups in total. The van der Waals surface area contributed by atoms with E-state index < -0.39 is 40.6 Å². The molecule has 0 aliphatic carbocycles. The van der Waals surface area contributed by atoms with Gasteiger partial charge in [0.2, 0.25) is 11.7 Å². The number of anilines is 1. The molecule has 4 nitrogen and oxygen atoms in total. The van der Waals surface area contributed by atoms with Crippen LogP contribution in [0.25, 0.3) is 22.6 Å². The molecule has 0 saturated heterocycles. The number of aryl methyl sites for hydroxylation is 2. The zero-order valence-electron chi connectivity index (χ0n) is 17.0. The van der Waals surface area contributed by atoms with E-state index in [0.29, 0.717) is 22.2 Å². The summed E-state index contributed by atoms with van der Waals surface area (Å²) in [4.78, 5) is 16.9. The highest BCUT2D eigenvalue weighted by Crippen LogP contribution is 2.32. The summed E-state index contributed by atoms with van der Waals surface area (Å²) in [6.07, 6.45) is 0. The van der Waals surface area contributed by atoms with Crippen molar-refractivity contribution in [3.8, 4) is 11.5 Å². The maximum absolute atomic E-state index is 14.0. The number of benzene rings is 3. The van der Waals surface area contributed by atoms with E-state index in [1.54, 1.807) is 13.0 Å². The predicted octanol–water partition coefficient (Wildman–Crippen LogP) is 6.37. The van der Waals surface area contributed by atoms with Crippen LogP contribution in [0.1, 0.15) is 27.0 Å². The van der Waals surface area contributed by atoms with Gasteiger partial charge in [-0.1, -0.05) is 12.1 Å². The molecular formula is C23H15F5N2O2.